The van der Waals surface area contributed by atoms with E-state index in [4.69, 9.17) is 39.5 Å². The molecule has 10 heteroatoms. The molecule has 0 radical (unpaired) electrons. The summed E-state index contributed by atoms with van der Waals surface area (Å²) in [7, 11) is 0. The van der Waals surface area contributed by atoms with Crippen LogP contribution in [0.1, 0.15) is 12.5 Å². The molecule has 1 atom stereocenters. The first-order chi connectivity index (χ1) is 13.4. The van der Waals surface area contributed by atoms with Crippen LogP contribution in [-0.2, 0) is 10.5 Å². The summed E-state index contributed by atoms with van der Waals surface area (Å²) in [5.41, 5.74) is 1.01. The Morgan fingerprint density at radius 3 is 2.71 bits per heavy atom. The van der Waals surface area contributed by atoms with Gasteiger partial charge in [-0.2, -0.15) is 0 Å². The monoisotopic (exact) mass is 473 g/mol. The van der Waals surface area contributed by atoms with Crippen molar-refractivity contribution in [3.05, 3.63) is 63.1 Å². The van der Waals surface area contributed by atoms with Gasteiger partial charge in [-0.05, 0) is 36.8 Å². The summed E-state index contributed by atoms with van der Waals surface area (Å²) in [6.45, 7) is 1.62. The molecule has 3 aromatic rings. The van der Waals surface area contributed by atoms with Crippen molar-refractivity contribution in [3.8, 4) is 5.75 Å². The highest BCUT2D eigenvalue weighted by Gasteiger charge is 2.18. The predicted octanol–water partition coefficient (Wildman–Crippen LogP) is 6.20. The molecule has 1 unspecified atom stereocenters. The van der Waals surface area contributed by atoms with Gasteiger partial charge in [0.25, 0.3) is 5.91 Å². The topological polar surface area (TPSA) is 64.1 Å². The smallest absolute Gasteiger partial charge is 0.266 e. The minimum absolute atomic E-state index is 0.335. The second kappa shape index (κ2) is 9.80. The second-order valence-electron chi connectivity index (χ2n) is 5.58. The van der Waals surface area contributed by atoms with Gasteiger partial charge in [-0.1, -0.05) is 76.1 Å². The molecule has 0 aliphatic rings. The number of ether oxygens (including phenoxy) is 1. The van der Waals surface area contributed by atoms with Gasteiger partial charge in [0.15, 0.2) is 10.4 Å². The van der Waals surface area contributed by atoms with Gasteiger partial charge in [0.05, 0.1) is 5.02 Å². The van der Waals surface area contributed by atoms with Crippen LogP contribution < -0.4 is 10.1 Å². The van der Waals surface area contributed by atoms with Crippen molar-refractivity contribution >= 4 is 68.9 Å². The number of nitrogens with one attached hydrogen (secondary N) is 1. The van der Waals surface area contributed by atoms with E-state index < -0.39 is 6.10 Å². The zero-order valence-corrected chi connectivity index (χ0v) is 18.4. The van der Waals surface area contributed by atoms with Gasteiger partial charge < -0.3 is 4.74 Å². The largest absolute Gasteiger partial charge is 0.479 e. The SMILES string of the molecule is CC(Oc1ccc(Cl)cc1Cl)C(=O)Nc1nnc(SCc2ccccc2Cl)s1. The maximum Gasteiger partial charge on any atom is 0.266 e. The lowest BCUT2D eigenvalue weighted by molar-refractivity contribution is -0.122. The predicted molar refractivity (Wildman–Crippen MR) is 116 cm³/mol. The van der Waals surface area contributed by atoms with Crippen molar-refractivity contribution in [2.45, 2.75) is 23.1 Å². The molecule has 28 heavy (non-hydrogen) atoms. The Morgan fingerprint density at radius 1 is 1.18 bits per heavy atom. The number of benzene rings is 2. The molecule has 0 spiro atoms. The maximum absolute atomic E-state index is 12.3. The number of carbonyl (C=O) groups is 1. The Balaban J connectivity index is 1.55. The summed E-state index contributed by atoms with van der Waals surface area (Å²) >= 11 is 20.9. The zero-order chi connectivity index (χ0) is 20.1. The van der Waals surface area contributed by atoms with Gasteiger partial charge in [0.2, 0.25) is 5.13 Å². The molecule has 0 bridgehead atoms. The van der Waals surface area contributed by atoms with Crippen LogP contribution in [0.4, 0.5) is 5.13 Å². The molecule has 1 N–H and O–H groups in total. The summed E-state index contributed by atoms with van der Waals surface area (Å²) in [6.07, 6.45) is -0.776. The van der Waals surface area contributed by atoms with Crippen molar-refractivity contribution in [1.29, 1.82) is 0 Å². The molecule has 1 aromatic heterocycles. The van der Waals surface area contributed by atoms with E-state index >= 15 is 0 Å². The third-order valence-electron chi connectivity index (χ3n) is 3.51. The first-order valence-electron chi connectivity index (χ1n) is 8.04. The third kappa shape index (κ3) is 5.75. The molecule has 5 nitrogen and oxygen atoms in total. The molecule has 0 saturated carbocycles. The lowest BCUT2D eigenvalue weighted by atomic mass is 10.2. The second-order valence-corrected chi connectivity index (χ2v) is 9.03. The molecule has 2 aromatic carbocycles. The van der Waals surface area contributed by atoms with E-state index in [1.807, 2.05) is 24.3 Å². The van der Waals surface area contributed by atoms with Crippen molar-refractivity contribution in [2.75, 3.05) is 5.32 Å². The number of rotatable bonds is 7. The van der Waals surface area contributed by atoms with Gasteiger partial charge in [0.1, 0.15) is 5.75 Å². The highest BCUT2D eigenvalue weighted by atomic mass is 35.5. The van der Waals surface area contributed by atoms with Crippen LogP contribution >= 0.6 is 57.9 Å². The molecule has 3 rings (SSSR count). The van der Waals surface area contributed by atoms with Crippen LogP contribution in [0.25, 0.3) is 0 Å². The van der Waals surface area contributed by atoms with Crippen LogP contribution in [0.5, 0.6) is 5.75 Å². The number of carbonyl (C=O) groups excluding carboxylic acids is 1. The molecule has 0 aliphatic heterocycles. The van der Waals surface area contributed by atoms with E-state index in [9.17, 15) is 4.79 Å². The highest BCUT2D eigenvalue weighted by Crippen LogP contribution is 2.31. The van der Waals surface area contributed by atoms with Crippen molar-refractivity contribution in [2.24, 2.45) is 0 Å². The van der Waals surface area contributed by atoms with E-state index in [-0.39, 0.29) is 5.91 Å². The van der Waals surface area contributed by atoms with Gasteiger partial charge in [-0.15, -0.1) is 10.2 Å². The van der Waals surface area contributed by atoms with Crippen molar-refractivity contribution in [1.82, 2.24) is 10.2 Å². The van der Waals surface area contributed by atoms with E-state index in [0.29, 0.717) is 31.7 Å². The number of aromatic nitrogens is 2. The Hall–Kier alpha value is -1.51. The summed E-state index contributed by atoms with van der Waals surface area (Å²) in [4.78, 5) is 12.3. The van der Waals surface area contributed by atoms with E-state index in [0.717, 1.165) is 9.90 Å². The van der Waals surface area contributed by atoms with E-state index in [1.165, 1.54) is 23.1 Å². The van der Waals surface area contributed by atoms with Gasteiger partial charge in [0, 0.05) is 15.8 Å². The quantitative estimate of drug-likeness (QED) is 0.326. The maximum atomic E-state index is 12.3. The fourth-order valence-corrected chi connectivity index (χ4v) is 4.59. The molecular formula is C18H14Cl3N3O2S2. The van der Waals surface area contributed by atoms with Crippen LogP contribution in [0.3, 0.4) is 0 Å². The first kappa shape index (κ1) is 21.2. The zero-order valence-electron chi connectivity index (χ0n) is 14.5. The molecular weight excluding hydrogens is 461 g/mol. The number of amides is 1. The average molecular weight is 475 g/mol. The van der Waals surface area contributed by atoms with Crippen LogP contribution in [-0.4, -0.2) is 22.2 Å². The fraction of sp³-hybridized carbons (Fsp3) is 0.167. The summed E-state index contributed by atoms with van der Waals surface area (Å²) in [5, 5.41) is 12.7. The van der Waals surface area contributed by atoms with Gasteiger partial charge in [-0.25, -0.2) is 0 Å². The normalized spacial score (nSPS) is 11.9. The average Bonchev–Trinajstić information content (AvgIpc) is 3.10. The Morgan fingerprint density at radius 2 is 1.96 bits per heavy atom. The molecule has 1 heterocycles. The van der Waals surface area contributed by atoms with Crippen molar-refractivity contribution in [3.63, 3.8) is 0 Å². The fourth-order valence-electron chi connectivity index (χ4n) is 2.10. The van der Waals surface area contributed by atoms with Crippen LogP contribution in [0.15, 0.2) is 46.8 Å². The molecule has 146 valence electrons. The van der Waals surface area contributed by atoms with Gasteiger partial charge >= 0.3 is 0 Å². The lowest BCUT2D eigenvalue weighted by Gasteiger charge is -2.14. The standard InChI is InChI=1S/C18H14Cl3N3O2S2/c1-10(26-15-7-6-12(19)8-14(15)21)16(25)22-17-23-24-18(28-17)27-9-11-4-2-3-5-13(11)20/h2-8,10H,9H2,1H3,(H,22,23,25). The van der Waals surface area contributed by atoms with Crippen LogP contribution in [0, 0.1) is 0 Å². The molecule has 0 aliphatic carbocycles. The van der Waals surface area contributed by atoms with E-state index in [1.54, 1.807) is 25.1 Å². The van der Waals surface area contributed by atoms with E-state index in [2.05, 4.69) is 15.5 Å². The minimum Gasteiger partial charge on any atom is -0.479 e. The lowest BCUT2D eigenvalue weighted by Crippen LogP contribution is -2.30. The Kier molecular flexibility index (Phi) is 7.42. The number of halogens is 3. The number of thioether (sulfide) groups is 1. The first-order valence-corrected chi connectivity index (χ1v) is 11.0. The minimum atomic E-state index is -0.776. The Bertz CT molecular complexity index is 984. The molecule has 0 saturated heterocycles. The summed E-state index contributed by atoms with van der Waals surface area (Å²) in [5.74, 6) is 0.684. The van der Waals surface area contributed by atoms with Crippen LogP contribution in [0.2, 0.25) is 15.1 Å². The van der Waals surface area contributed by atoms with Crippen molar-refractivity contribution < 1.29 is 9.53 Å². The number of hydrogen-bond donors (Lipinski definition) is 1. The summed E-state index contributed by atoms with van der Waals surface area (Å²) in [6, 6.07) is 12.4. The molecule has 0 fully saturated rings. The van der Waals surface area contributed by atoms with Gasteiger partial charge in [-0.3, -0.25) is 10.1 Å². The number of anilines is 1. The molecule has 1 amide bonds. The number of nitrogens with zero attached hydrogens (tertiary/aromatic N) is 2. The third-order valence-corrected chi connectivity index (χ3v) is 6.43. The number of hydrogen-bond acceptors (Lipinski definition) is 6. The highest BCUT2D eigenvalue weighted by molar-refractivity contribution is 8.00. The summed E-state index contributed by atoms with van der Waals surface area (Å²) < 4.78 is 6.32. The Labute approximate surface area is 185 Å².